The van der Waals surface area contributed by atoms with Gasteiger partial charge < -0.3 is 14.5 Å². The highest BCUT2D eigenvalue weighted by Crippen LogP contribution is 2.30. The number of amides is 1. The molecule has 6 nitrogen and oxygen atoms in total. The van der Waals surface area contributed by atoms with Gasteiger partial charge in [0.25, 0.3) is 5.91 Å². The number of carbonyl (C=O) groups excluding carboxylic acids is 1. The lowest BCUT2D eigenvalue weighted by Crippen LogP contribution is -2.42. The molecule has 3 heterocycles. The number of benzene rings is 1. The number of hydrogen-bond donors (Lipinski definition) is 0. The molecular formula is C19H22F2N4O2. The van der Waals surface area contributed by atoms with Crippen LogP contribution in [0.4, 0.5) is 8.78 Å². The maximum Gasteiger partial charge on any atom is 0.387 e. The van der Waals surface area contributed by atoms with Gasteiger partial charge in [0.1, 0.15) is 11.4 Å². The molecule has 1 aromatic carbocycles. The normalized spacial score (nSPS) is 18.4. The minimum Gasteiger partial charge on any atom is -0.435 e. The van der Waals surface area contributed by atoms with Crippen molar-refractivity contribution in [3.63, 3.8) is 0 Å². The molecule has 0 aliphatic carbocycles. The highest BCUT2D eigenvalue weighted by Gasteiger charge is 2.35. The van der Waals surface area contributed by atoms with Crippen LogP contribution >= 0.6 is 0 Å². The summed E-state index contributed by atoms with van der Waals surface area (Å²) in [6.45, 7) is 2.02. The predicted octanol–water partition coefficient (Wildman–Crippen LogP) is 2.69. The Morgan fingerprint density at radius 2 is 1.89 bits per heavy atom. The van der Waals surface area contributed by atoms with Crippen LogP contribution < -0.4 is 4.74 Å². The van der Waals surface area contributed by atoms with Gasteiger partial charge in [-0.15, -0.1) is 0 Å². The SMILES string of the molecule is CC(c1ccc(OC(F)F)cc1)N1CCn2nc3c(c2C1=O)CN(C)CC3. The number of alkyl halides is 2. The van der Waals surface area contributed by atoms with Crippen LogP contribution in [-0.2, 0) is 19.5 Å². The first-order chi connectivity index (χ1) is 12.9. The molecule has 1 aromatic heterocycles. The molecule has 2 aliphatic rings. The zero-order valence-corrected chi connectivity index (χ0v) is 15.4. The van der Waals surface area contributed by atoms with Crippen LogP contribution in [0.1, 0.15) is 40.3 Å². The fourth-order valence-corrected chi connectivity index (χ4v) is 3.88. The number of carbonyl (C=O) groups is 1. The van der Waals surface area contributed by atoms with Crippen LogP contribution in [0, 0.1) is 0 Å². The lowest BCUT2D eigenvalue weighted by atomic mass is 10.0. The Balaban J connectivity index is 1.57. The van der Waals surface area contributed by atoms with Gasteiger partial charge in [0.15, 0.2) is 0 Å². The van der Waals surface area contributed by atoms with Crippen LogP contribution in [0.2, 0.25) is 0 Å². The van der Waals surface area contributed by atoms with E-state index in [0.29, 0.717) is 18.8 Å². The molecule has 0 spiro atoms. The number of rotatable bonds is 4. The third kappa shape index (κ3) is 3.29. The van der Waals surface area contributed by atoms with Gasteiger partial charge in [0, 0.05) is 31.6 Å². The van der Waals surface area contributed by atoms with Crippen molar-refractivity contribution in [3.8, 4) is 5.75 Å². The second-order valence-corrected chi connectivity index (χ2v) is 7.11. The van der Waals surface area contributed by atoms with Gasteiger partial charge in [0.05, 0.1) is 18.3 Å². The minimum absolute atomic E-state index is 0.0225. The molecule has 0 N–H and O–H groups in total. The van der Waals surface area contributed by atoms with Gasteiger partial charge in [-0.1, -0.05) is 12.1 Å². The molecule has 2 aromatic rings. The quantitative estimate of drug-likeness (QED) is 0.823. The number of fused-ring (bicyclic) bond motifs is 3. The molecule has 1 unspecified atom stereocenters. The summed E-state index contributed by atoms with van der Waals surface area (Å²) in [5, 5.41) is 4.64. The van der Waals surface area contributed by atoms with Gasteiger partial charge in [-0.05, 0) is 31.7 Å². The molecule has 2 aliphatic heterocycles. The van der Waals surface area contributed by atoms with Crippen molar-refractivity contribution in [2.24, 2.45) is 0 Å². The summed E-state index contributed by atoms with van der Waals surface area (Å²) in [5.74, 6) is 0.0896. The number of aromatic nitrogens is 2. The van der Waals surface area contributed by atoms with Crippen molar-refractivity contribution in [1.29, 1.82) is 0 Å². The molecular weight excluding hydrogens is 354 g/mol. The first kappa shape index (κ1) is 17.9. The van der Waals surface area contributed by atoms with E-state index >= 15 is 0 Å². The van der Waals surface area contributed by atoms with Gasteiger partial charge in [0.2, 0.25) is 0 Å². The van der Waals surface area contributed by atoms with Gasteiger partial charge in [-0.2, -0.15) is 13.9 Å². The fraction of sp³-hybridized carbons (Fsp3) is 0.474. The molecule has 8 heteroatoms. The number of halogens is 2. The third-order valence-corrected chi connectivity index (χ3v) is 5.36. The lowest BCUT2D eigenvalue weighted by Gasteiger charge is -2.34. The van der Waals surface area contributed by atoms with E-state index in [0.717, 1.165) is 36.3 Å². The van der Waals surface area contributed by atoms with Gasteiger partial charge >= 0.3 is 6.61 Å². The van der Waals surface area contributed by atoms with Crippen molar-refractivity contribution in [3.05, 3.63) is 46.8 Å². The van der Waals surface area contributed by atoms with Crippen molar-refractivity contribution < 1.29 is 18.3 Å². The number of ether oxygens (including phenoxy) is 1. The topological polar surface area (TPSA) is 50.6 Å². The van der Waals surface area contributed by atoms with Crippen molar-refractivity contribution in [1.82, 2.24) is 19.6 Å². The van der Waals surface area contributed by atoms with E-state index in [1.54, 1.807) is 12.1 Å². The summed E-state index contributed by atoms with van der Waals surface area (Å²) >= 11 is 0. The molecule has 0 radical (unpaired) electrons. The Morgan fingerprint density at radius 1 is 1.15 bits per heavy atom. The maximum atomic E-state index is 13.2. The average Bonchev–Trinajstić information content (AvgIpc) is 3.00. The van der Waals surface area contributed by atoms with Crippen LogP contribution in [0.5, 0.6) is 5.75 Å². The van der Waals surface area contributed by atoms with Crippen molar-refractivity contribution in [2.75, 3.05) is 20.1 Å². The van der Waals surface area contributed by atoms with E-state index in [4.69, 9.17) is 0 Å². The molecule has 0 fully saturated rings. The number of nitrogens with zero attached hydrogens (tertiary/aromatic N) is 4. The smallest absolute Gasteiger partial charge is 0.387 e. The van der Waals surface area contributed by atoms with Crippen LogP contribution in [0.3, 0.4) is 0 Å². The van der Waals surface area contributed by atoms with Gasteiger partial charge in [-0.3, -0.25) is 9.48 Å². The zero-order chi connectivity index (χ0) is 19.1. The second kappa shape index (κ2) is 6.92. The van der Waals surface area contributed by atoms with Crippen LogP contribution in [-0.4, -0.2) is 52.2 Å². The Hall–Kier alpha value is -2.48. The molecule has 0 bridgehead atoms. The molecule has 1 amide bonds. The van der Waals surface area contributed by atoms with Crippen molar-refractivity contribution in [2.45, 2.75) is 39.1 Å². The van der Waals surface area contributed by atoms with E-state index < -0.39 is 6.61 Å². The van der Waals surface area contributed by atoms with E-state index in [9.17, 15) is 13.6 Å². The fourth-order valence-electron chi connectivity index (χ4n) is 3.88. The lowest BCUT2D eigenvalue weighted by molar-refractivity contribution is -0.0498. The first-order valence-corrected chi connectivity index (χ1v) is 9.07. The molecule has 1 atom stereocenters. The monoisotopic (exact) mass is 376 g/mol. The molecule has 4 rings (SSSR count). The summed E-state index contributed by atoms with van der Waals surface area (Å²) < 4.78 is 30.9. The second-order valence-electron chi connectivity index (χ2n) is 7.11. The zero-order valence-electron chi connectivity index (χ0n) is 15.4. The maximum absolute atomic E-state index is 13.2. The predicted molar refractivity (Wildman–Crippen MR) is 94.8 cm³/mol. The van der Waals surface area contributed by atoms with Gasteiger partial charge in [-0.25, -0.2) is 0 Å². The summed E-state index contributed by atoms with van der Waals surface area (Å²) in [4.78, 5) is 17.2. The largest absolute Gasteiger partial charge is 0.435 e. The summed E-state index contributed by atoms with van der Waals surface area (Å²) in [6, 6.07) is 6.30. The van der Waals surface area contributed by atoms with E-state index in [1.165, 1.54) is 12.1 Å². The summed E-state index contributed by atoms with van der Waals surface area (Å²) in [7, 11) is 2.05. The average molecular weight is 376 g/mol. The summed E-state index contributed by atoms with van der Waals surface area (Å²) in [6.07, 6.45) is 0.861. The Bertz CT molecular complexity index is 850. The van der Waals surface area contributed by atoms with E-state index in [-0.39, 0.29) is 17.7 Å². The van der Waals surface area contributed by atoms with Crippen LogP contribution in [0.15, 0.2) is 24.3 Å². The number of hydrogen-bond acceptors (Lipinski definition) is 4. The molecule has 0 saturated heterocycles. The van der Waals surface area contributed by atoms with E-state index in [2.05, 4.69) is 14.7 Å². The molecule has 144 valence electrons. The molecule has 0 saturated carbocycles. The van der Waals surface area contributed by atoms with Crippen LogP contribution in [0.25, 0.3) is 0 Å². The highest BCUT2D eigenvalue weighted by molar-refractivity contribution is 5.95. The Labute approximate surface area is 156 Å². The first-order valence-electron chi connectivity index (χ1n) is 9.07. The van der Waals surface area contributed by atoms with Crippen molar-refractivity contribution >= 4 is 5.91 Å². The Morgan fingerprint density at radius 3 is 2.59 bits per heavy atom. The Kier molecular flexibility index (Phi) is 4.59. The van der Waals surface area contributed by atoms with E-state index in [1.807, 2.05) is 23.6 Å². The standard InChI is InChI=1S/C19H22F2N4O2/c1-12(13-3-5-14(6-4-13)27-19(20)21)24-9-10-25-17(18(24)26)15-11-23(2)8-7-16(15)22-25/h3-6,12,19H,7-11H2,1-2H3. The highest BCUT2D eigenvalue weighted by atomic mass is 19.3. The minimum atomic E-state index is -2.85. The molecule has 27 heavy (non-hydrogen) atoms. The summed E-state index contributed by atoms with van der Waals surface area (Å²) in [5.41, 5.74) is 3.63. The number of likely N-dealkylation sites (N-methyl/N-ethyl adjacent to an activating group) is 1. The third-order valence-electron chi connectivity index (χ3n) is 5.36.